The Bertz CT molecular complexity index is 372. The molecular formula is C12H17ClN2. The molecule has 2 rings (SSSR count). The fourth-order valence-electron chi connectivity index (χ4n) is 1.96. The van der Waals surface area contributed by atoms with Gasteiger partial charge in [0.05, 0.1) is 11.4 Å². The van der Waals surface area contributed by atoms with Crippen LogP contribution in [0.3, 0.4) is 0 Å². The van der Waals surface area contributed by atoms with Crippen molar-refractivity contribution in [1.29, 1.82) is 0 Å². The molecule has 0 aromatic heterocycles. The van der Waals surface area contributed by atoms with Crippen LogP contribution in [0.25, 0.3) is 0 Å². The number of rotatable bonds is 2. The van der Waals surface area contributed by atoms with Gasteiger partial charge in [0, 0.05) is 18.1 Å². The second-order valence-corrected chi connectivity index (χ2v) is 4.76. The Balaban J connectivity index is 2.30. The molecule has 2 N–H and O–H groups in total. The van der Waals surface area contributed by atoms with Crippen LogP contribution in [0, 0.1) is 6.92 Å². The van der Waals surface area contributed by atoms with Crippen LogP contribution in [0.4, 0.5) is 11.4 Å². The fourth-order valence-corrected chi connectivity index (χ4v) is 2.13. The van der Waals surface area contributed by atoms with E-state index in [0.717, 1.165) is 22.0 Å². The van der Waals surface area contributed by atoms with Crippen LogP contribution in [-0.4, -0.2) is 13.1 Å². The zero-order chi connectivity index (χ0) is 11.0. The number of anilines is 2. The van der Waals surface area contributed by atoms with Crippen molar-refractivity contribution in [2.45, 2.75) is 32.2 Å². The molecule has 15 heavy (non-hydrogen) atoms. The van der Waals surface area contributed by atoms with Gasteiger partial charge in [0.25, 0.3) is 0 Å². The first-order chi connectivity index (χ1) is 7.09. The van der Waals surface area contributed by atoms with Crippen LogP contribution in [0.1, 0.15) is 24.8 Å². The van der Waals surface area contributed by atoms with E-state index in [2.05, 4.69) is 18.0 Å². The quantitative estimate of drug-likeness (QED) is 0.782. The van der Waals surface area contributed by atoms with Gasteiger partial charge in [-0.15, -0.1) is 0 Å². The molecule has 0 unspecified atom stereocenters. The summed E-state index contributed by atoms with van der Waals surface area (Å²) in [5.41, 5.74) is 8.96. The third kappa shape index (κ3) is 1.91. The van der Waals surface area contributed by atoms with Crippen molar-refractivity contribution in [3.8, 4) is 0 Å². The summed E-state index contributed by atoms with van der Waals surface area (Å²) in [5, 5.41) is 0.748. The first-order valence-electron chi connectivity index (χ1n) is 5.38. The van der Waals surface area contributed by atoms with Crippen LogP contribution in [0.5, 0.6) is 0 Å². The van der Waals surface area contributed by atoms with Crippen molar-refractivity contribution in [1.82, 2.24) is 0 Å². The van der Waals surface area contributed by atoms with Gasteiger partial charge in [0.15, 0.2) is 0 Å². The van der Waals surface area contributed by atoms with Gasteiger partial charge in [-0.3, -0.25) is 0 Å². The molecule has 0 saturated heterocycles. The highest BCUT2D eigenvalue weighted by Crippen LogP contribution is 2.34. The fraction of sp³-hybridized carbons (Fsp3) is 0.500. The number of halogens is 1. The Morgan fingerprint density at radius 1 is 1.40 bits per heavy atom. The molecular weight excluding hydrogens is 208 g/mol. The second kappa shape index (κ2) is 3.93. The van der Waals surface area contributed by atoms with Gasteiger partial charge in [0.1, 0.15) is 0 Å². The Labute approximate surface area is 96.0 Å². The average Bonchev–Trinajstić information content (AvgIpc) is 2.08. The highest BCUT2D eigenvalue weighted by atomic mass is 35.5. The van der Waals surface area contributed by atoms with Gasteiger partial charge in [-0.05, 0) is 43.9 Å². The highest BCUT2D eigenvalue weighted by Gasteiger charge is 2.23. The van der Waals surface area contributed by atoms with E-state index < -0.39 is 0 Å². The van der Waals surface area contributed by atoms with E-state index >= 15 is 0 Å². The van der Waals surface area contributed by atoms with Gasteiger partial charge >= 0.3 is 0 Å². The SMILES string of the molecule is Cc1cc(N(C)C2CCC2)c(N)cc1Cl. The molecule has 82 valence electrons. The molecule has 0 atom stereocenters. The number of aryl methyl sites for hydroxylation is 1. The van der Waals surface area contributed by atoms with Crippen LogP contribution >= 0.6 is 11.6 Å². The topological polar surface area (TPSA) is 29.3 Å². The minimum absolute atomic E-state index is 0.660. The van der Waals surface area contributed by atoms with E-state index in [1.54, 1.807) is 0 Å². The summed E-state index contributed by atoms with van der Waals surface area (Å²) >= 11 is 6.02. The molecule has 0 aliphatic heterocycles. The van der Waals surface area contributed by atoms with E-state index in [-0.39, 0.29) is 0 Å². The minimum Gasteiger partial charge on any atom is -0.397 e. The normalized spacial score (nSPS) is 16.2. The number of hydrogen-bond donors (Lipinski definition) is 1. The first kappa shape index (κ1) is 10.6. The third-order valence-electron chi connectivity index (χ3n) is 3.31. The Morgan fingerprint density at radius 3 is 2.60 bits per heavy atom. The van der Waals surface area contributed by atoms with Crippen LogP contribution in [0.15, 0.2) is 12.1 Å². The lowest BCUT2D eigenvalue weighted by molar-refractivity contribution is 0.401. The molecule has 0 heterocycles. The molecule has 0 radical (unpaired) electrons. The molecule has 0 amide bonds. The lowest BCUT2D eigenvalue weighted by atomic mass is 9.91. The molecule has 1 aliphatic carbocycles. The van der Waals surface area contributed by atoms with Gasteiger partial charge < -0.3 is 10.6 Å². The monoisotopic (exact) mass is 224 g/mol. The summed E-state index contributed by atoms with van der Waals surface area (Å²) in [6.07, 6.45) is 3.89. The minimum atomic E-state index is 0.660. The predicted octanol–water partition coefficient (Wildman–Crippen LogP) is 3.22. The molecule has 1 saturated carbocycles. The zero-order valence-corrected chi connectivity index (χ0v) is 10.0. The lowest BCUT2D eigenvalue weighted by Crippen LogP contribution is -2.37. The maximum Gasteiger partial charge on any atom is 0.0603 e. The Hall–Kier alpha value is -0.890. The summed E-state index contributed by atoms with van der Waals surface area (Å²) < 4.78 is 0. The van der Waals surface area contributed by atoms with Crippen molar-refractivity contribution in [3.05, 3.63) is 22.7 Å². The molecule has 0 spiro atoms. The van der Waals surface area contributed by atoms with Gasteiger partial charge in [-0.2, -0.15) is 0 Å². The van der Waals surface area contributed by atoms with Gasteiger partial charge in [-0.1, -0.05) is 11.6 Å². The van der Waals surface area contributed by atoms with E-state index in [9.17, 15) is 0 Å². The highest BCUT2D eigenvalue weighted by molar-refractivity contribution is 6.31. The largest absolute Gasteiger partial charge is 0.397 e. The van der Waals surface area contributed by atoms with Crippen LogP contribution in [0.2, 0.25) is 5.02 Å². The molecule has 3 heteroatoms. The van der Waals surface area contributed by atoms with Crippen molar-refractivity contribution in [2.75, 3.05) is 17.7 Å². The maximum atomic E-state index is 6.02. The van der Waals surface area contributed by atoms with E-state index in [4.69, 9.17) is 17.3 Å². The maximum absolute atomic E-state index is 6.02. The smallest absolute Gasteiger partial charge is 0.0603 e. The van der Waals surface area contributed by atoms with E-state index in [0.29, 0.717) is 6.04 Å². The summed E-state index contributed by atoms with van der Waals surface area (Å²) in [7, 11) is 2.11. The molecule has 1 fully saturated rings. The first-order valence-corrected chi connectivity index (χ1v) is 5.76. The zero-order valence-electron chi connectivity index (χ0n) is 9.26. The number of benzene rings is 1. The Morgan fingerprint density at radius 2 is 2.07 bits per heavy atom. The number of hydrogen-bond acceptors (Lipinski definition) is 2. The van der Waals surface area contributed by atoms with Crippen LogP contribution < -0.4 is 10.6 Å². The average molecular weight is 225 g/mol. The van der Waals surface area contributed by atoms with Crippen molar-refractivity contribution >= 4 is 23.0 Å². The van der Waals surface area contributed by atoms with E-state index in [1.807, 2.05) is 13.0 Å². The van der Waals surface area contributed by atoms with Gasteiger partial charge in [-0.25, -0.2) is 0 Å². The van der Waals surface area contributed by atoms with Crippen LogP contribution in [-0.2, 0) is 0 Å². The standard InChI is InChI=1S/C12H17ClN2/c1-8-6-12(11(14)7-10(8)13)15(2)9-4-3-5-9/h6-7,9H,3-5,14H2,1-2H3. The molecule has 2 nitrogen and oxygen atoms in total. The number of nitrogens with zero attached hydrogens (tertiary/aromatic N) is 1. The molecule has 1 aromatic carbocycles. The number of nitrogen functional groups attached to an aromatic ring is 1. The van der Waals surface area contributed by atoms with Crippen molar-refractivity contribution < 1.29 is 0 Å². The third-order valence-corrected chi connectivity index (χ3v) is 3.72. The summed E-state index contributed by atoms with van der Waals surface area (Å²) in [4.78, 5) is 2.28. The Kier molecular flexibility index (Phi) is 2.79. The summed E-state index contributed by atoms with van der Waals surface area (Å²) in [5.74, 6) is 0. The summed E-state index contributed by atoms with van der Waals surface area (Å²) in [6.45, 7) is 2.01. The number of nitrogens with two attached hydrogens (primary N) is 1. The van der Waals surface area contributed by atoms with Crippen molar-refractivity contribution in [3.63, 3.8) is 0 Å². The van der Waals surface area contributed by atoms with Gasteiger partial charge in [0.2, 0.25) is 0 Å². The second-order valence-electron chi connectivity index (χ2n) is 4.36. The summed E-state index contributed by atoms with van der Waals surface area (Å²) in [6, 6.07) is 4.59. The molecule has 1 aromatic rings. The van der Waals surface area contributed by atoms with E-state index in [1.165, 1.54) is 19.3 Å². The van der Waals surface area contributed by atoms with Crippen molar-refractivity contribution in [2.24, 2.45) is 0 Å². The predicted molar refractivity (Wildman–Crippen MR) is 66.6 cm³/mol. The molecule has 0 bridgehead atoms. The lowest BCUT2D eigenvalue weighted by Gasteiger charge is -2.37. The molecule has 1 aliphatic rings.